The molecule has 1 aromatic heterocycles. The lowest BCUT2D eigenvalue weighted by Crippen LogP contribution is -2.12. The SMILES string of the molecule is Cc1ccc(-c2ccc(C(=O)Nc3c(C)cc(N)cc3Br)o2)cc1Cl. The van der Waals surface area contributed by atoms with Crippen molar-refractivity contribution in [2.75, 3.05) is 11.1 Å². The maximum Gasteiger partial charge on any atom is 0.291 e. The first kappa shape index (κ1) is 17.6. The molecule has 0 radical (unpaired) electrons. The second-order valence-corrected chi connectivity index (χ2v) is 7.04. The summed E-state index contributed by atoms with van der Waals surface area (Å²) in [4.78, 5) is 12.5. The molecule has 0 fully saturated rings. The predicted octanol–water partition coefficient (Wildman–Crippen LogP) is 5.81. The quantitative estimate of drug-likeness (QED) is 0.526. The fraction of sp³-hybridized carbons (Fsp3) is 0.105. The number of rotatable bonds is 3. The Morgan fingerprint density at radius 2 is 1.88 bits per heavy atom. The number of aryl methyl sites for hydroxylation is 2. The highest BCUT2D eigenvalue weighted by atomic mass is 79.9. The van der Waals surface area contributed by atoms with Crippen LogP contribution in [0.1, 0.15) is 21.7 Å². The third-order valence-electron chi connectivity index (χ3n) is 3.83. The molecule has 0 unspecified atom stereocenters. The molecule has 4 nitrogen and oxygen atoms in total. The Labute approximate surface area is 159 Å². The molecule has 6 heteroatoms. The summed E-state index contributed by atoms with van der Waals surface area (Å²) in [6.45, 7) is 3.80. The van der Waals surface area contributed by atoms with Gasteiger partial charge < -0.3 is 15.5 Å². The van der Waals surface area contributed by atoms with Crippen molar-refractivity contribution in [1.82, 2.24) is 0 Å². The van der Waals surface area contributed by atoms with E-state index in [0.29, 0.717) is 22.2 Å². The molecule has 25 heavy (non-hydrogen) atoms. The number of anilines is 2. The molecule has 1 amide bonds. The summed E-state index contributed by atoms with van der Waals surface area (Å²) in [6, 6.07) is 12.6. The Morgan fingerprint density at radius 1 is 1.12 bits per heavy atom. The largest absolute Gasteiger partial charge is 0.451 e. The van der Waals surface area contributed by atoms with Crippen molar-refractivity contribution in [3.8, 4) is 11.3 Å². The van der Waals surface area contributed by atoms with Gasteiger partial charge >= 0.3 is 0 Å². The standard InChI is InChI=1S/C19H16BrClN2O2/c1-10-3-4-12(8-15(10)21)16-5-6-17(25-16)19(24)23-18-11(2)7-13(22)9-14(18)20/h3-9H,22H2,1-2H3,(H,23,24). The van der Waals surface area contributed by atoms with Crippen molar-refractivity contribution in [3.63, 3.8) is 0 Å². The second-order valence-electron chi connectivity index (χ2n) is 5.78. The molecular weight excluding hydrogens is 404 g/mol. The van der Waals surface area contributed by atoms with Crippen LogP contribution in [0.2, 0.25) is 5.02 Å². The molecule has 0 bridgehead atoms. The topological polar surface area (TPSA) is 68.3 Å². The number of nitrogens with one attached hydrogen (secondary N) is 1. The Kier molecular flexibility index (Phi) is 4.88. The van der Waals surface area contributed by atoms with Crippen LogP contribution in [-0.2, 0) is 0 Å². The van der Waals surface area contributed by atoms with Crippen LogP contribution in [-0.4, -0.2) is 5.91 Å². The van der Waals surface area contributed by atoms with Gasteiger partial charge in [-0.1, -0.05) is 23.7 Å². The molecule has 3 aromatic rings. The van der Waals surface area contributed by atoms with Crippen molar-refractivity contribution >= 4 is 44.8 Å². The van der Waals surface area contributed by atoms with Gasteiger partial charge in [-0.2, -0.15) is 0 Å². The van der Waals surface area contributed by atoms with E-state index in [-0.39, 0.29) is 11.7 Å². The number of furan rings is 1. The molecule has 128 valence electrons. The van der Waals surface area contributed by atoms with Crippen LogP contribution in [0.15, 0.2) is 51.4 Å². The Morgan fingerprint density at radius 3 is 2.56 bits per heavy atom. The monoisotopic (exact) mass is 418 g/mol. The van der Waals surface area contributed by atoms with Gasteiger partial charge in [0.05, 0.1) is 5.69 Å². The number of hydrogen-bond acceptors (Lipinski definition) is 3. The molecule has 0 aliphatic carbocycles. The van der Waals surface area contributed by atoms with Crippen LogP contribution in [0.3, 0.4) is 0 Å². The molecule has 0 aliphatic rings. The number of benzene rings is 2. The van der Waals surface area contributed by atoms with E-state index in [2.05, 4.69) is 21.2 Å². The first-order valence-corrected chi connectivity index (χ1v) is 8.75. The number of carbonyl (C=O) groups is 1. The van der Waals surface area contributed by atoms with E-state index in [1.165, 1.54) is 0 Å². The van der Waals surface area contributed by atoms with Crippen molar-refractivity contribution in [2.45, 2.75) is 13.8 Å². The zero-order valence-corrected chi connectivity index (χ0v) is 16.0. The maximum atomic E-state index is 12.5. The predicted molar refractivity (Wildman–Crippen MR) is 105 cm³/mol. The van der Waals surface area contributed by atoms with E-state index < -0.39 is 0 Å². The Bertz CT molecular complexity index is 943. The van der Waals surface area contributed by atoms with Gasteiger partial charge in [0, 0.05) is 20.7 Å². The van der Waals surface area contributed by atoms with Gasteiger partial charge in [-0.3, -0.25) is 4.79 Å². The van der Waals surface area contributed by atoms with Gasteiger partial charge in [-0.25, -0.2) is 0 Å². The summed E-state index contributed by atoms with van der Waals surface area (Å²) in [5.41, 5.74) is 9.74. The maximum absolute atomic E-state index is 12.5. The van der Waals surface area contributed by atoms with Crippen LogP contribution in [0.25, 0.3) is 11.3 Å². The van der Waals surface area contributed by atoms with Crippen LogP contribution in [0, 0.1) is 13.8 Å². The first-order chi connectivity index (χ1) is 11.8. The van der Waals surface area contributed by atoms with E-state index in [0.717, 1.165) is 21.2 Å². The average Bonchev–Trinajstić information content (AvgIpc) is 3.03. The number of halogens is 2. The molecule has 0 saturated heterocycles. The fourth-order valence-electron chi connectivity index (χ4n) is 2.47. The van der Waals surface area contributed by atoms with Crippen molar-refractivity contribution in [2.24, 2.45) is 0 Å². The highest BCUT2D eigenvalue weighted by Crippen LogP contribution is 2.31. The number of carbonyl (C=O) groups excluding carboxylic acids is 1. The Balaban J connectivity index is 1.85. The molecule has 0 spiro atoms. The van der Waals surface area contributed by atoms with Gasteiger partial charge in [-0.15, -0.1) is 0 Å². The summed E-state index contributed by atoms with van der Waals surface area (Å²) in [7, 11) is 0. The van der Waals surface area contributed by atoms with Gasteiger partial charge in [0.1, 0.15) is 5.76 Å². The van der Waals surface area contributed by atoms with E-state index in [9.17, 15) is 4.79 Å². The van der Waals surface area contributed by atoms with Crippen molar-refractivity contribution in [3.05, 3.63) is 68.8 Å². The zero-order valence-electron chi connectivity index (χ0n) is 13.7. The summed E-state index contributed by atoms with van der Waals surface area (Å²) >= 11 is 9.57. The molecule has 3 rings (SSSR count). The summed E-state index contributed by atoms with van der Waals surface area (Å²) in [6.07, 6.45) is 0. The van der Waals surface area contributed by atoms with Crippen molar-refractivity contribution in [1.29, 1.82) is 0 Å². The lowest BCUT2D eigenvalue weighted by Gasteiger charge is -2.10. The molecule has 0 aliphatic heterocycles. The lowest BCUT2D eigenvalue weighted by atomic mass is 10.1. The molecule has 2 aromatic carbocycles. The van der Waals surface area contributed by atoms with Crippen LogP contribution >= 0.6 is 27.5 Å². The number of hydrogen-bond donors (Lipinski definition) is 2. The minimum Gasteiger partial charge on any atom is -0.451 e. The molecule has 0 atom stereocenters. The molecule has 0 saturated carbocycles. The number of nitrogen functional groups attached to an aromatic ring is 1. The third kappa shape index (κ3) is 3.72. The molecule has 1 heterocycles. The highest BCUT2D eigenvalue weighted by molar-refractivity contribution is 9.10. The normalized spacial score (nSPS) is 10.7. The van der Waals surface area contributed by atoms with Gasteiger partial charge in [-0.05, 0) is 71.2 Å². The van der Waals surface area contributed by atoms with E-state index in [4.69, 9.17) is 21.8 Å². The number of nitrogens with two attached hydrogens (primary N) is 1. The van der Waals surface area contributed by atoms with E-state index >= 15 is 0 Å². The zero-order chi connectivity index (χ0) is 18.1. The van der Waals surface area contributed by atoms with E-state index in [1.807, 2.05) is 32.0 Å². The van der Waals surface area contributed by atoms with Gasteiger partial charge in [0.15, 0.2) is 5.76 Å². The second kappa shape index (κ2) is 6.94. The minimum atomic E-state index is -0.335. The summed E-state index contributed by atoms with van der Waals surface area (Å²) in [5.74, 6) is 0.466. The van der Waals surface area contributed by atoms with Crippen LogP contribution in [0.4, 0.5) is 11.4 Å². The van der Waals surface area contributed by atoms with Crippen molar-refractivity contribution < 1.29 is 9.21 Å². The van der Waals surface area contributed by atoms with Crippen LogP contribution < -0.4 is 11.1 Å². The fourth-order valence-corrected chi connectivity index (χ4v) is 3.32. The summed E-state index contributed by atoms with van der Waals surface area (Å²) < 4.78 is 6.41. The Hall–Kier alpha value is -2.24. The lowest BCUT2D eigenvalue weighted by molar-refractivity contribution is 0.0997. The molecular formula is C19H16BrClN2O2. The third-order valence-corrected chi connectivity index (χ3v) is 4.87. The first-order valence-electron chi connectivity index (χ1n) is 7.58. The minimum absolute atomic E-state index is 0.217. The average molecular weight is 420 g/mol. The van der Waals surface area contributed by atoms with E-state index in [1.54, 1.807) is 24.3 Å². The smallest absolute Gasteiger partial charge is 0.291 e. The summed E-state index contributed by atoms with van der Waals surface area (Å²) in [5, 5.41) is 3.50. The molecule has 3 N–H and O–H groups in total. The number of amides is 1. The highest BCUT2D eigenvalue weighted by Gasteiger charge is 2.15. The van der Waals surface area contributed by atoms with Gasteiger partial charge in [0.25, 0.3) is 5.91 Å². The van der Waals surface area contributed by atoms with Gasteiger partial charge in [0.2, 0.25) is 0 Å². The van der Waals surface area contributed by atoms with Crippen LogP contribution in [0.5, 0.6) is 0 Å².